The number of aldehydes is 1. The van der Waals surface area contributed by atoms with Crippen LogP contribution in [0, 0.1) is 0 Å². The molecule has 0 radical (unpaired) electrons. The van der Waals surface area contributed by atoms with Crippen molar-refractivity contribution in [3.05, 3.63) is 84.5 Å². The highest BCUT2D eigenvalue weighted by Crippen LogP contribution is 2.36. The Bertz CT molecular complexity index is 716. The van der Waals surface area contributed by atoms with Gasteiger partial charge in [-0.05, 0) is 27.9 Å². The lowest BCUT2D eigenvalue weighted by Crippen LogP contribution is -2.66. The quantitative estimate of drug-likeness (QED) is 0.317. The molecule has 0 atom stereocenters. The maximum absolute atomic E-state index is 10.7. The highest BCUT2D eigenvalue weighted by Gasteiger charge is 2.49. The van der Waals surface area contributed by atoms with E-state index in [1.807, 2.05) is 30.4 Å². The molecule has 0 heterocycles. The molecule has 26 heavy (non-hydrogen) atoms. The summed E-state index contributed by atoms with van der Waals surface area (Å²) < 4.78 is 6.72. The molecule has 3 heteroatoms. The van der Waals surface area contributed by atoms with Crippen LogP contribution in [0.3, 0.4) is 0 Å². The van der Waals surface area contributed by atoms with Crippen LogP contribution in [0.2, 0.25) is 5.04 Å². The van der Waals surface area contributed by atoms with Crippen LogP contribution in [0.25, 0.3) is 0 Å². The summed E-state index contributed by atoms with van der Waals surface area (Å²) in [5, 5.41) is 2.51. The fraction of sp³-hybridized carbons (Fsp3) is 0.261. The summed E-state index contributed by atoms with van der Waals surface area (Å²) in [7, 11) is -2.48. The Morgan fingerprint density at radius 1 is 0.962 bits per heavy atom. The van der Waals surface area contributed by atoms with Gasteiger partial charge in [0.05, 0.1) is 6.61 Å². The molecule has 0 aliphatic rings. The van der Waals surface area contributed by atoms with Gasteiger partial charge >= 0.3 is 0 Å². The molecule has 136 valence electrons. The third-order valence-corrected chi connectivity index (χ3v) is 9.50. The zero-order chi connectivity index (χ0) is 19.0. The number of allylic oxidation sites excluding steroid dienone is 3. The minimum absolute atomic E-state index is 0.0297. The molecular weight excluding hydrogens is 336 g/mol. The SMILES string of the molecule is C/C(C=O)=C/C=C/CO[Si](c1ccccc1)(c1ccccc1)C(C)(C)C. The molecule has 0 saturated carbocycles. The van der Waals surface area contributed by atoms with Crippen LogP contribution in [-0.2, 0) is 9.22 Å². The van der Waals surface area contributed by atoms with Gasteiger partial charge in [0.25, 0.3) is 8.32 Å². The number of benzene rings is 2. The van der Waals surface area contributed by atoms with Crippen molar-refractivity contribution in [2.24, 2.45) is 0 Å². The Kier molecular flexibility index (Phi) is 6.89. The summed E-state index contributed by atoms with van der Waals surface area (Å²) in [6, 6.07) is 21.2. The summed E-state index contributed by atoms with van der Waals surface area (Å²) in [5.74, 6) is 0. The molecule has 2 nitrogen and oxygen atoms in total. The van der Waals surface area contributed by atoms with Gasteiger partial charge in [-0.3, -0.25) is 4.79 Å². The van der Waals surface area contributed by atoms with Gasteiger partial charge < -0.3 is 4.43 Å². The van der Waals surface area contributed by atoms with Gasteiger partial charge in [0.2, 0.25) is 0 Å². The smallest absolute Gasteiger partial charge is 0.261 e. The van der Waals surface area contributed by atoms with Gasteiger partial charge in [-0.1, -0.05) is 99.7 Å². The standard InChI is InChI=1S/C23H28O2Si/c1-20(19-24)13-11-12-18-25-26(23(2,3)4,21-14-7-5-8-15-21)22-16-9-6-10-17-22/h5-17,19H,18H2,1-4H3/b12-11+,20-13-. The van der Waals surface area contributed by atoms with Gasteiger partial charge in [0, 0.05) is 0 Å². The van der Waals surface area contributed by atoms with Crippen molar-refractivity contribution in [1.29, 1.82) is 0 Å². The molecule has 0 aliphatic carbocycles. The summed E-state index contributed by atoms with van der Waals surface area (Å²) in [4.78, 5) is 10.7. The second-order valence-electron chi connectivity index (χ2n) is 7.43. The van der Waals surface area contributed by atoms with E-state index in [2.05, 4.69) is 69.3 Å². The Balaban J connectivity index is 2.46. The van der Waals surface area contributed by atoms with Gasteiger partial charge in [-0.2, -0.15) is 0 Å². The van der Waals surface area contributed by atoms with Gasteiger partial charge in [-0.15, -0.1) is 0 Å². The van der Waals surface area contributed by atoms with Crippen LogP contribution in [0.1, 0.15) is 27.7 Å². The van der Waals surface area contributed by atoms with Crippen LogP contribution < -0.4 is 10.4 Å². The Labute approximate surface area is 158 Å². The van der Waals surface area contributed by atoms with E-state index in [1.165, 1.54) is 10.4 Å². The predicted molar refractivity (Wildman–Crippen MR) is 113 cm³/mol. The molecule has 0 unspecified atom stereocenters. The zero-order valence-corrected chi connectivity index (χ0v) is 17.1. The number of carbonyl (C=O) groups excluding carboxylic acids is 1. The maximum Gasteiger partial charge on any atom is 0.261 e. The van der Waals surface area contributed by atoms with Crippen molar-refractivity contribution in [3.63, 3.8) is 0 Å². The molecule has 0 aliphatic heterocycles. The van der Waals surface area contributed by atoms with Gasteiger partial charge in [0.1, 0.15) is 6.29 Å². The monoisotopic (exact) mass is 364 g/mol. The Morgan fingerprint density at radius 2 is 1.46 bits per heavy atom. The molecule has 0 fully saturated rings. The lowest BCUT2D eigenvalue weighted by Gasteiger charge is -2.42. The normalized spacial score (nSPS) is 13.2. The summed E-state index contributed by atoms with van der Waals surface area (Å²) in [6.07, 6.45) is 6.53. The van der Waals surface area contributed by atoms with Crippen molar-refractivity contribution in [1.82, 2.24) is 0 Å². The summed E-state index contributed by atoms with van der Waals surface area (Å²) in [5.41, 5.74) is 0.701. The fourth-order valence-corrected chi connectivity index (χ4v) is 7.75. The van der Waals surface area contributed by atoms with E-state index in [1.54, 1.807) is 6.92 Å². The molecule has 2 rings (SSSR count). The number of hydrogen-bond acceptors (Lipinski definition) is 2. The second-order valence-corrected chi connectivity index (χ2v) is 11.7. The van der Waals surface area contributed by atoms with E-state index >= 15 is 0 Å². The Hall–Kier alpha value is -2.23. The average molecular weight is 365 g/mol. The first-order valence-corrected chi connectivity index (χ1v) is 10.9. The molecule has 0 saturated heterocycles. The van der Waals surface area contributed by atoms with E-state index in [0.29, 0.717) is 12.2 Å². The van der Waals surface area contributed by atoms with Gasteiger partial charge in [0.15, 0.2) is 0 Å². The molecule has 0 spiro atoms. The van der Waals surface area contributed by atoms with Crippen LogP contribution in [0.5, 0.6) is 0 Å². The summed E-state index contributed by atoms with van der Waals surface area (Å²) in [6.45, 7) is 9.09. The maximum atomic E-state index is 10.7. The lowest BCUT2D eigenvalue weighted by atomic mass is 10.2. The van der Waals surface area contributed by atoms with Crippen LogP contribution >= 0.6 is 0 Å². The summed E-state index contributed by atoms with van der Waals surface area (Å²) >= 11 is 0. The van der Waals surface area contributed by atoms with Crippen molar-refractivity contribution >= 4 is 25.0 Å². The van der Waals surface area contributed by atoms with Crippen molar-refractivity contribution < 1.29 is 9.22 Å². The molecule has 2 aromatic rings. The van der Waals surface area contributed by atoms with Crippen molar-refractivity contribution in [3.8, 4) is 0 Å². The molecule has 0 amide bonds. The number of rotatable bonds is 7. The fourth-order valence-electron chi connectivity index (χ4n) is 3.25. The second kappa shape index (κ2) is 8.92. The number of carbonyl (C=O) groups is 1. The van der Waals surface area contributed by atoms with E-state index in [-0.39, 0.29) is 5.04 Å². The van der Waals surface area contributed by atoms with Gasteiger partial charge in [-0.25, -0.2) is 0 Å². The highest BCUT2D eigenvalue weighted by atomic mass is 28.4. The van der Waals surface area contributed by atoms with E-state index in [0.717, 1.165) is 6.29 Å². The Morgan fingerprint density at radius 3 is 1.88 bits per heavy atom. The molecular formula is C23H28O2Si. The van der Waals surface area contributed by atoms with Crippen LogP contribution in [0.4, 0.5) is 0 Å². The third-order valence-electron chi connectivity index (χ3n) is 4.49. The molecule has 2 aromatic carbocycles. The first kappa shape index (κ1) is 20.1. The average Bonchev–Trinajstić information content (AvgIpc) is 2.65. The van der Waals surface area contributed by atoms with Crippen molar-refractivity contribution in [2.45, 2.75) is 32.7 Å². The third kappa shape index (κ3) is 4.48. The van der Waals surface area contributed by atoms with Crippen LogP contribution in [0.15, 0.2) is 84.5 Å². The first-order valence-electron chi connectivity index (χ1n) is 8.95. The topological polar surface area (TPSA) is 26.3 Å². The highest BCUT2D eigenvalue weighted by molar-refractivity contribution is 6.99. The molecule has 0 N–H and O–H groups in total. The largest absolute Gasteiger partial charge is 0.404 e. The predicted octanol–water partition coefficient (Wildman–Crippen LogP) is 4.26. The van der Waals surface area contributed by atoms with Crippen LogP contribution in [-0.4, -0.2) is 21.2 Å². The number of hydrogen-bond donors (Lipinski definition) is 0. The lowest BCUT2D eigenvalue weighted by molar-refractivity contribution is -0.104. The first-order chi connectivity index (χ1) is 12.4. The van der Waals surface area contributed by atoms with E-state index in [4.69, 9.17) is 4.43 Å². The zero-order valence-electron chi connectivity index (χ0n) is 16.1. The van der Waals surface area contributed by atoms with Crippen molar-refractivity contribution in [2.75, 3.05) is 6.61 Å². The molecule has 0 aromatic heterocycles. The van der Waals surface area contributed by atoms with E-state index < -0.39 is 8.32 Å². The minimum atomic E-state index is -2.48. The van der Waals surface area contributed by atoms with E-state index in [9.17, 15) is 4.79 Å². The minimum Gasteiger partial charge on any atom is -0.404 e. The molecule has 0 bridgehead atoms.